The topological polar surface area (TPSA) is 182 Å². The largest absolute Gasteiger partial charge is 0.416 e. The number of aromatic amines is 1. The lowest BCUT2D eigenvalue weighted by Crippen LogP contribution is -2.49. The normalized spacial score (nSPS) is 17.3. The fourth-order valence-corrected chi connectivity index (χ4v) is 8.88. The average Bonchev–Trinajstić information content (AvgIpc) is 3.97. The number of imide groups is 1. The first kappa shape index (κ1) is 41.7. The van der Waals surface area contributed by atoms with Gasteiger partial charge in [0.15, 0.2) is 0 Å². The summed E-state index contributed by atoms with van der Waals surface area (Å²) in [5.74, 6) is 0.401. The van der Waals surface area contributed by atoms with Crippen LogP contribution in [-0.4, -0.2) is 105 Å². The number of nitrogens with one attached hydrogen (secondary N) is 3. The number of nitrogens with zero attached hydrogens (tertiary/aromatic N) is 9. The summed E-state index contributed by atoms with van der Waals surface area (Å²) in [5, 5.41) is 14.3. The van der Waals surface area contributed by atoms with Crippen molar-refractivity contribution in [3.05, 3.63) is 96.1 Å². The first-order valence-electron chi connectivity index (χ1n) is 21.9. The van der Waals surface area contributed by atoms with Crippen molar-refractivity contribution in [1.29, 1.82) is 0 Å². The summed E-state index contributed by atoms with van der Waals surface area (Å²) in [7, 11) is 0. The van der Waals surface area contributed by atoms with Crippen LogP contribution in [0.5, 0.6) is 0 Å². The lowest BCUT2D eigenvalue weighted by molar-refractivity contribution is -0.120. The van der Waals surface area contributed by atoms with E-state index in [1.54, 1.807) is 11.2 Å². The number of pyridine rings is 1. The summed E-state index contributed by atoms with van der Waals surface area (Å²) < 4.78 is 5.64. The molecule has 1 unspecified atom stereocenters. The number of hydrogen-bond acceptors (Lipinski definition) is 12. The number of carbonyl (C=O) groups is 3. The van der Waals surface area contributed by atoms with Gasteiger partial charge in [-0.15, -0.1) is 10.2 Å². The molecule has 63 heavy (non-hydrogen) atoms. The number of piperidine rings is 1. The number of carbonyl (C=O) groups excluding carboxylic acids is 3. The molecule has 3 fully saturated rings. The van der Waals surface area contributed by atoms with Gasteiger partial charge in [-0.05, 0) is 92.3 Å². The van der Waals surface area contributed by atoms with Crippen LogP contribution in [0, 0.1) is 12.8 Å². The number of H-pyrrole nitrogens is 1. The Balaban J connectivity index is 0.768. The van der Waals surface area contributed by atoms with Gasteiger partial charge in [-0.2, -0.15) is 0 Å². The predicted octanol–water partition coefficient (Wildman–Crippen LogP) is 6.65. The second-order valence-corrected chi connectivity index (χ2v) is 18.0. The molecule has 4 amide bonds. The van der Waals surface area contributed by atoms with Gasteiger partial charge in [0, 0.05) is 86.5 Å². The second kappa shape index (κ2) is 17.2. The standard InChI is InChI=1S/C47H54N12O4/c1-29-24-32(6-12-36(29)30(2)51-43(61)44-54-55-45(63-44)47(3,4)5)41-37-25-39(52-42(37)50-28-49-41)38-13-11-35(26-48-38)58-22-20-56(21-23-58)27-31-14-17-57(18-15-31)33-7-9-34(10-8-33)59-19-16-40(60)53-46(59)62/h6-13,24-26,28,30-31H,14-23,27H2,1-5H3,(H,51,61)(H,49,50,52)(H,53,60,62). The Labute approximate surface area is 366 Å². The number of amides is 4. The van der Waals surface area contributed by atoms with Gasteiger partial charge >= 0.3 is 17.8 Å². The molecule has 9 rings (SSSR count). The Morgan fingerprint density at radius 2 is 1.59 bits per heavy atom. The maximum absolute atomic E-state index is 12.9. The molecule has 3 aliphatic heterocycles. The molecule has 1 atom stereocenters. The number of fused-ring (bicyclic) bond motifs is 1. The highest BCUT2D eigenvalue weighted by Crippen LogP contribution is 2.33. The van der Waals surface area contributed by atoms with Crippen molar-refractivity contribution in [1.82, 2.24) is 45.7 Å². The average molecular weight is 851 g/mol. The molecule has 0 radical (unpaired) electrons. The number of anilines is 3. The first-order chi connectivity index (χ1) is 30.4. The zero-order valence-electron chi connectivity index (χ0n) is 36.5. The predicted molar refractivity (Wildman–Crippen MR) is 242 cm³/mol. The van der Waals surface area contributed by atoms with E-state index in [4.69, 9.17) is 9.40 Å². The molecular weight excluding hydrogens is 797 g/mol. The number of benzene rings is 2. The van der Waals surface area contributed by atoms with Crippen LogP contribution >= 0.6 is 0 Å². The van der Waals surface area contributed by atoms with Gasteiger partial charge in [0.2, 0.25) is 11.8 Å². The maximum atomic E-state index is 12.9. The SMILES string of the molecule is Cc1cc(-c2ncnc3[nH]c(-c4ccc(N5CCN(CC6CCN(c7ccc(N8CCC(=O)NC8=O)cc7)CC6)CC5)cn4)cc23)ccc1C(C)NC(=O)c1nnc(C(C)(C)C)o1. The number of aromatic nitrogens is 6. The summed E-state index contributed by atoms with van der Waals surface area (Å²) in [6.07, 6.45) is 6.17. The molecule has 0 bridgehead atoms. The third kappa shape index (κ3) is 8.98. The summed E-state index contributed by atoms with van der Waals surface area (Å²) in [6.45, 7) is 17.4. The third-order valence-electron chi connectivity index (χ3n) is 12.5. The van der Waals surface area contributed by atoms with Crippen LogP contribution in [0.4, 0.5) is 21.9 Å². The van der Waals surface area contributed by atoms with Gasteiger partial charge < -0.3 is 24.5 Å². The Hall–Kier alpha value is -6.68. The fraction of sp³-hybridized carbons (Fsp3) is 0.404. The van der Waals surface area contributed by atoms with E-state index < -0.39 is 5.91 Å². The number of hydrogen-bond donors (Lipinski definition) is 3. The van der Waals surface area contributed by atoms with Crippen LogP contribution < -0.4 is 25.3 Å². The molecule has 0 aliphatic carbocycles. The van der Waals surface area contributed by atoms with Gasteiger partial charge in [0.25, 0.3) is 0 Å². The van der Waals surface area contributed by atoms with E-state index in [1.807, 2.05) is 65.1 Å². The minimum absolute atomic E-state index is 0.0505. The number of urea groups is 1. The summed E-state index contributed by atoms with van der Waals surface area (Å²) >= 11 is 0. The molecule has 6 aromatic rings. The fourth-order valence-electron chi connectivity index (χ4n) is 8.88. The van der Waals surface area contributed by atoms with E-state index in [9.17, 15) is 14.4 Å². The van der Waals surface area contributed by atoms with Crippen molar-refractivity contribution < 1.29 is 18.8 Å². The van der Waals surface area contributed by atoms with Crippen molar-refractivity contribution in [2.45, 2.75) is 65.3 Å². The summed E-state index contributed by atoms with van der Waals surface area (Å²) in [4.78, 5) is 63.4. The number of rotatable bonds is 10. The molecule has 326 valence electrons. The molecule has 0 spiro atoms. The molecule has 16 heteroatoms. The van der Waals surface area contributed by atoms with E-state index in [1.165, 1.54) is 5.69 Å². The van der Waals surface area contributed by atoms with E-state index in [2.05, 4.69) is 86.9 Å². The van der Waals surface area contributed by atoms with Gasteiger partial charge in [-0.3, -0.25) is 29.7 Å². The van der Waals surface area contributed by atoms with Gasteiger partial charge in [0.05, 0.1) is 35.0 Å². The molecular formula is C47H54N12O4. The Kier molecular flexibility index (Phi) is 11.4. The molecule has 7 heterocycles. The van der Waals surface area contributed by atoms with Crippen LogP contribution in [0.15, 0.2) is 77.6 Å². The van der Waals surface area contributed by atoms with Gasteiger partial charge in [0.1, 0.15) is 12.0 Å². The Morgan fingerprint density at radius 3 is 2.27 bits per heavy atom. The molecule has 3 N–H and O–H groups in total. The van der Waals surface area contributed by atoms with E-state index in [0.717, 1.165) is 115 Å². The lowest BCUT2D eigenvalue weighted by Gasteiger charge is -2.40. The number of piperazine rings is 1. The highest BCUT2D eigenvalue weighted by Gasteiger charge is 2.28. The van der Waals surface area contributed by atoms with E-state index >= 15 is 0 Å². The Morgan fingerprint density at radius 1 is 0.857 bits per heavy atom. The zero-order valence-corrected chi connectivity index (χ0v) is 36.5. The summed E-state index contributed by atoms with van der Waals surface area (Å²) in [5.41, 5.74) is 8.94. The molecule has 3 aliphatic rings. The van der Waals surface area contributed by atoms with Gasteiger partial charge in [-0.1, -0.05) is 32.9 Å². The van der Waals surface area contributed by atoms with Crippen LogP contribution in [0.2, 0.25) is 0 Å². The Bertz CT molecular complexity index is 2620. The number of aryl methyl sites for hydroxylation is 1. The van der Waals surface area contributed by atoms with Crippen LogP contribution in [-0.2, 0) is 10.2 Å². The van der Waals surface area contributed by atoms with Crippen LogP contribution in [0.3, 0.4) is 0 Å². The quantitative estimate of drug-likeness (QED) is 0.134. The van der Waals surface area contributed by atoms with E-state index in [0.29, 0.717) is 24.8 Å². The highest BCUT2D eigenvalue weighted by molar-refractivity contribution is 6.05. The first-order valence-corrected chi connectivity index (χ1v) is 21.9. The van der Waals surface area contributed by atoms with Crippen LogP contribution in [0.1, 0.15) is 80.7 Å². The van der Waals surface area contributed by atoms with Crippen molar-refractivity contribution in [3.8, 4) is 22.6 Å². The molecule has 4 aromatic heterocycles. The maximum Gasteiger partial charge on any atom is 0.328 e. The monoisotopic (exact) mass is 850 g/mol. The van der Waals surface area contributed by atoms with Crippen molar-refractivity contribution >= 4 is 45.9 Å². The highest BCUT2D eigenvalue weighted by atomic mass is 16.4. The van der Waals surface area contributed by atoms with Crippen molar-refractivity contribution in [3.63, 3.8) is 0 Å². The molecule has 2 aromatic carbocycles. The van der Waals surface area contributed by atoms with Crippen molar-refractivity contribution in [2.24, 2.45) is 5.92 Å². The second-order valence-electron chi connectivity index (χ2n) is 18.0. The van der Waals surface area contributed by atoms with Gasteiger partial charge in [-0.25, -0.2) is 14.8 Å². The van der Waals surface area contributed by atoms with Crippen molar-refractivity contribution in [2.75, 3.05) is 67.1 Å². The third-order valence-corrected chi connectivity index (χ3v) is 12.5. The lowest BCUT2D eigenvalue weighted by atomic mass is 9.95. The minimum atomic E-state index is -0.412. The smallest absolute Gasteiger partial charge is 0.328 e. The molecule has 3 saturated heterocycles. The van der Waals surface area contributed by atoms with Crippen LogP contribution in [0.25, 0.3) is 33.7 Å². The van der Waals surface area contributed by atoms with E-state index in [-0.39, 0.29) is 29.3 Å². The zero-order chi connectivity index (χ0) is 43.8. The minimum Gasteiger partial charge on any atom is -0.416 e. The molecule has 0 saturated carbocycles. The molecule has 16 nitrogen and oxygen atoms in total. The summed E-state index contributed by atoms with van der Waals surface area (Å²) in [6, 6.07) is 19.9.